The highest BCUT2D eigenvalue weighted by molar-refractivity contribution is 7.10. The Morgan fingerprint density at radius 3 is 2.90 bits per heavy atom. The Morgan fingerprint density at radius 1 is 1.45 bits per heavy atom. The summed E-state index contributed by atoms with van der Waals surface area (Å²) in [7, 11) is 0. The zero-order valence-electron chi connectivity index (χ0n) is 12.0. The molecule has 1 aromatic rings. The Hall–Kier alpha value is -1.36. The number of likely N-dealkylation sites (tertiary alicyclic amines) is 1. The van der Waals surface area contributed by atoms with E-state index in [1.807, 2.05) is 29.3 Å². The van der Waals surface area contributed by atoms with Crippen molar-refractivity contribution in [3.05, 3.63) is 22.4 Å². The van der Waals surface area contributed by atoms with Crippen LogP contribution in [0.3, 0.4) is 0 Å². The zero-order chi connectivity index (χ0) is 14.5. The van der Waals surface area contributed by atoms with Crippen LogP contribution in [0.1, 0.15) is 25.1 Å². The molecule has 1 amide bonds. The number of thiophene rings is 1. The maximum absolute atomic E-state index is 12.3. The summed E-state index contributed by atoms with van der Waals surface area (Å²) in [5.41, 5.74) is 0. The van der Waals surface area contributed by atoms with Crippen LogP contribution in [0.15, 0.2) is 17.5 Å². The molecule has 0 N–H and O–H groups in total. The second kappa shape index (κ2) is 6.88. The topological polar surface area (TPSA) is 46.6 Å². The van der Waals surface area contributed by atoms with Gasteiger partial charge in [-0.25, -0.2) is 0 Å². The first-order chi connectivity index (χ1) is 9.60. The first-order valence-corrected chi connectivity index (χ1v) is 7.95. The van der Waals surface area contributed by atoms with Crippen LogP contribution < -0.4 is 0 Å². The molecule has 1 aliphatic heterocycles. The molecular weight excluding hydrogens is 274 g/mol. The van der Waals surface area contributed by atoms with E-state index in [1.165, 1.54) is 0 Å². The second-order valence-electron chi connectivity index (χ2n) is 5.34. The van der Waals surface area contributed by atoms with Gasteiger partial charge in [0.05, 0.1) is 18.9 Å². The van der Waals surface area contributed by atoms with Crippen molar-refractivity contribution in [1.82, 2.24) is 4.90 Å². The summed E-state index contributed by atoms with van der Waals surface area (Å²) in [6.07, 6.45) is 1.24. The summed E-state index contributed by atoms with van der Waals surface area (Å²) >= 11 is 1.59. The Morgan fingerprint density at radius 2 is 2.25 bits per heavy atom. The molecule has 110 valence electrons. The third-order valence-corrected chi connectivity index (χ3v) is 4.41. The molecule has 1 saturated heterocycles. The Kier molecular flexibility index (Phi) is 5.17. The first kappa shape index (κ1) is 15.0. The van der Waals surface area contributed by atoms with Gasteiger partial charge in [0.1, 0.15) is 0 Å². The largest absolute Gasteiger partial charge is 0.466 e. The lowest BCUT2D eigenvalue weighted by atomic mass is 9.90. The van der Waals surface area contributed by atoms with E-state index in [9.17, 15) is 9.59 Å². The minimum Gasteiger partial charge on any atom is -0.466 e. The summed E-state index contributed by atoms with van der Waals surface area (Å²) in [5, 5.41) is 1.98. The van der Waals surface area contributed by atoms with Gasteiger partial charge >= 0.3 is 5.97 Å². The van der Waals surface area contributed by atoms with Crippen LogP contribution in [0.5, 0.6) is 0 Å². The number of piperidine rings is 1. The fourth-order valence-electron chi connectivity index (χ4n) is 2.66. The molecule has 2 rings (SSSR count). The average Bonchev–Trinajstić information content (AvgIpc) is 2.91. The van der Waals surface area contributed by atoms with Gasteiger partial charge < -0.3 is 9.64 Å². The van der Waals surface area contributed by atoms with Gasteiger partial charge in [-0.1, -0.05) is 13.0 Å². The summed E-state index contributed by atoms with van der Waals surface area (Å²) in [5.74, 6) is 0.0951. The van der Waals surface area contributed by atoms with Crippen LogP contribution in [0.25, 0.3) is 0 Å². The van der Waals surface area contributed by atoms with Gasteiger partial charge in [-0.05, 0) is 30.7 Å². The SMILES string of the molecule is CCOC(=O)C1CC(C)CN(C(=O)Cc2cccs2)C1. The molecule has 0 spiro atoms. The van der Waals surface area contributed by atoms with Gasteiger partial charge in [0.2, 0.25) is 5.91 Å². The van der Waals surface area contributed by atoms with E-state index in [2.05, 4.69) is 6.92 Å². The van der Waals surface area contributed by atoms with E-state index >= 15 is 0 Å². The van der Waals surface area contributed by atoms with Crippen molar-refractivity contribution in [2.75, 3.05) is 19.7 Å². The van der Waals surface area contributed by atoms with Crippen molar-refractivity contribution in [2.45, 2.75) is 26.7 Å². The van der Waals surface area contributed by atoms with Crippen molar-refractivity contribution in [3.63, 3.8) is 0 Å². The van der Waals surface area contributed by atoms with Crippen molar-refractivity contribution in [1.29, 1.82) is 0 Å². The molecule has 2 unspecified atom stereocenters. The third-order valence-electron chi connectivity index (χ3n) is 3.54. The van der Waals surface area contributed by atoms with E-state index < -0.39 is 0 Å². The standard InChI is InChI=1S/C15H21NO3S/c1-3-19-15(18)12-7-11(2)9-16(10-12)14(17)8-13-5-4-6-20-13/h4-6,11-12H,3,7-10H2,1-2H3. The first-order valence-electron chi connectivity index (χ1n) is 7.07. The molecular formula is C15H21NO3S. The molecule has 0 aliphatic carbocycles. The van der Waals surface area contributed by atoms with Crippen LogP contribution in [-0.2, 0) is 20.7 Å². The van der Waals surface area contributed by atoms with Crippen molar-refractivity contribution in [3.8, 4) is 0 Å². The maximum atomic E-state index is 12.3. The lowest BCUT2D eigenvalue weighted by Gasteiger charge is -2.35. The number of nitrogens with zero attached hydrogens (tertiary/aromatic N) is 1. The van der Waals surface area contributed by atoms with Gasteiger partial charge in [-0.3, -0.25) is 9.59 Å². The van der Waals surface area contributed by atoms with Crippen LogP contribution in [0, 0.1) is 11.8 Å². The van der Waals surface area contributed by atoms with Crippen LogP contribution in [-0.4, -0.2) is 36.5 Å². The van der Waals surface area contributed by atoms with Gasteiger partial charge in [-0.15, -0.1) is 11.3 Å². The highest BCUT2D eigenvalue weighted by atomic mass is 32.1. The number of carbonyl (C=O) groups is 2. The number of hydrogen-bond acceptors (Lipinski definition) is 4. The van der Waals surface area contributed by atoms with Crippen molar-refractivity contribution >= 4 is 23.2 Å². The maximum Gasteiger partial charge on any atom is 0.310 e. The fraction of sp³-hybridized carbons (Fsp3) is 0.600. The summed E-state index contributed by atoms with van der Waals surface area (Å²) in [6, 6.07) is 3.92. The quantitative estimate of drug-likeness (QED) is 0.801. The molecule has 20 heavy (non-hydrogen) atoms. The zero-order valence-corrected chi connectivity index (χ0v) is 12.8. The molecule has 2 atom stereocenters. The van der Waals surface area contributed by atoms with Crippen LogP contribution in [0.4, 0.5) is 0 Å². The Bertz CT molecular complexity index is 458. The van der Waals surface area contributed by atoms with Crippen LogP contribution >= 0.6 is 11.3 Å². The highest BCUT2D eigenvalue weighted by Crippen LogP contribution is 2.23. The monoisotopic (exact) mass is 295 g/mol. The molecule has 0 bridgehead atoms. The number of rotatable bonds is 4. The van der Waals surface area contributed by atoms with E-state index in [0.717, 1.165) is 17.8 Å². The van der Waals surface area contributed by atoms with Gasteiger partial charge in [-0.2, -0.15) is 0 Å². The fourth-order valence-corrected chi connectivity index (χ4v) is 3.36. The van der Waals surface area contributed by atoms with E-state index in [1.54, 1.807) is 11.3 Å². The number of hydrogen-bond donors (Lipinski definition) is 0. The van der Waals surface area contributed by atoms with Gasteiger partial charge in [0, 0.05) is 18.0 Å². The summed E-state index contributed by atoms with van der Waals surface area (Å²) in [6.45, 7) is 5.51. The van der Waals surface area contributed by atoms with E-state index in [-0.39, 0.29) is 17.8 Å². The molecule has 0 radical (unpaired) electrons. The lowest BCUT2D eigenvalue weighted by molar-refractivity contribution is -0.152. The lowest BCUT2D eigenvalue weighted by Crippen LogP contribution is -2.46. The second-order valence-corrected chi connectivity index (χ2v) is 6.38. The molecule has 4 nitrogen and oxygen atoms in total. The minimum absolute atomic E-state index is 0.105. The Balaban J connectivity index is 1.96. The van der Waals surface area contributed by atoms with Crippen molar-refractivity contribution < 1.29 is 14.3 Å². The molecule has 1 aliphatic rings. The average molecular weight is 295 g/mol. The summed E-state index contributed by atoms with van der Waals surface area (Å²) in [4.78, 5) is 27.1. The Labute approximate surface area is 123 Å². The number of carbonyl (C=O) groups excluding carboxylic acids is 2. The number of amides is 1. The van der Waals surface area contributed by atoms with E-state index in [0.29, 0.717) is 25.5 Å². The molecule has 5 heteroatoms. The van der Waals surface area contributed by atoms with Gasteiger partial charge in [0.15, 0.2) is 0 Å². The predicted octanol–water partition coefficient (Wildman–Crippen LogP) is 2.34. The normalized spacial score (nSPS) is 22.6. The van der Waals surface area contributed by atoms with Crippen LogP contribution in [0.2, 0.25) is 0 Å². The molecule has 0 aromatic carbocycles. The molecule has 0 saturated carbocycles. The van der Waals surface area contributed by atoms with E-state index in [4.69, 9.17) is 4.74 Å². The smallest absolute Gasteiger partial charge is 0.310 e. The molecule has 2 heterocycles. The third kappa shape index (κ3) is 3.82. The number of esters is 1. The molecule has 1 aromatic heterocycles. The number of ether oxygens (including phenoxy) is 1. The van der Waals surface area contributed by atoms with Crippen molar-refractivity contribution in [2.24, 2.45) is 11.8 Å². The van der Waals surface area contributed by atoms with Gasteiger partial charge in [0.25, 0.3) is 0 Å². The predicted molar refractivity (Wildman–Crippen MR) is 78.5 cm³/mol. The molecule has 1 fully saturated rings. The summed E-state index contributed by atoms with van der Waals surface area (Å²) < 4.78 is 5.09. The highest BCUT2D eigenvalue weighted by Gasteiger charge is 2.32. The minimum atomic E-state index is -0.175.